The summed E-state index contributed by atoms with van der Waals surface area (Å²) in [6.45, 7) is 4.18. The summed E-state index contributed by atoms with van der Waals surface area (Å²) in [5, 5.41) is 3.51. The van der Waals surface area contributed by atoms with Crippen molar-refractivity contribution in [1.29, 1.82) is 0 Å². The molecule has 1 heterocycles. The lowest BCUT2D eigenvalue weighted by Gasteiger charge is -2.18. The third kappa shape index (κ3) is 3.33. The molecule has 0 aliphatic rings. The van der Waals surface area contributed by atoms with Gasteiger partial charge < -0.3 is 5.32 Å². The maximum Gasteiger partial charge on any atom is 0.0531 e. The van der Waals surface area contributed by atoms with Crippen molar-refractivity contribution < 1.29 is 0 Å². The third-order valence-corrected chi connectivity index (χ3v) is 3.46. The van der Waals surface area contributed by atoms with Gasteiger partial charge in [-0.05, 0) is 43.2 Å². The fraction of sp³-hybridized carbons (Fsp3) is 0.267. The summed E-state index contributed by atoms with van der Waals surface area (Å²) in [7, 11) is 0. The monoisotopic (exact) mass is 304 g/mol. The summed E-state index contributed by atoms with van der Waals surface area (Å²) in [6, 6.07) is 12.9. The van der Waals surface area contributed by atoms with E-state index >= 15 is 0 Å². The Morgan fingerprint density at radius 3 is 2.44 bits per heavy atom. The van der Waals surface area contributed by atoms with Crippen molar-refractivity contribution in [3.63, 3.8) is 0 Å². The molecule has 0 aliphatic carbocycles. The van der Waals surface area contributed by atoms with Crippen LogP contribution in [0.1, 0.15) is 30.6 Å². The molecule has 1 atom stereocenters. The van der Waals surface area contributed by atoms with Crippen molar-refractivity contribution in [3.05, 3.63) is 58.3 Å². The van der Waals surface area contributed by atoms with Gasteiger partial charge in [-0.15, -0.1) is 0 Å². The minimum absolute atomic E-state index is 0.322. The van der Waals surface area contributed by atoms with Gasteiger partial charge in [0.15, 0.2) is 0 Å². The van der Waals surface area contributed by atoms with Gasteiger partial charge in [0.2, 0.25) is 0 Å². The Balaban J connectivity index is 2.14. The highest BCUT2D eigenvalue weighted by molar-refractivity contribution is 9.10. The first-order valence-corrected chi connectivity index (χ1v) is 6.93. The zero-order valence-electron chi connectivity index (χ0n) is 10.7. The standard InChI is InChI=1S/C15H17BrN2/c1-3-15(12-5-7-13(16)8-6-12)18-14-9-4-11(2)17-10-14/h4-10,15,18H,3H2,1-2H3. The summed E-state index contributed by atoms with van der Waals surface area (Å²) in [5.41, 5.74) is 3.40. The number of nitrogens with one attached hydrogen (secondary N) is 1. The Labute approximate surface area is 117 Å². The Hall–Kier alpha value is -1.35. The molecule has 2 aromatic rings. The quantitative estimate of drug-likeness (QED) is 0.884. The van der Waals surface area contributed by atoms with Crippen LogP contribution in [0.3, 0.4) is 0 Å². The van der Waals surface area contributed by atoms with Crippen LogP contribution in [0.25, 0.3) is 0 Å². The average molecular weight is 305 g/mol. The molecule has 94 valence electrons. The van der Waals surface area contributed by atoms with E-state index in [0.717, 1.165) is 22.3 Å². The van der Waals surface area contributed by atoms with Crippen LogP contribution in [0.15, 0.2) is 47.1 Å². The van der Waals surface area contributed by atoms with Gasteiger partial charge in [-0.2, -0.15) is 0 Å². The maximum atomic E-state index is 4.30. The second kappa shape index (κ2) is 6.01. The third-order valence-electron chi connectivity index (χ3n) is 2.93. The van der Waals surface area contributed by atoms with Crippen LogP contribution in [-0.4, -0.2) is 4.98 Å². The predicted octanol–water partition coefficient (Wildman–Crippen LogP) is 4.72. The lowest BCUT2D eigenvalue weighted by molar-refractivity contribution is 0.748. The number of hydrogen-bond donors (Lipinski definition) is 1. The zero-order valence-corrected chi connectivity index (χ0v) is 12.2. The van der Waals surface area contributed by atoms with Gasteiger partial charge in [0.25, 0.3) is 0 Å². The molecule has 0 fully saturated rings. The fourth-order valence-corrected chi connectivity index (χ4v) is 2.13. The van der Waals surface area contributed by atoms with E-state index < -0.39 is 0 Å². The lowest BCUT2D eigenvalue weighted by atomic mass is 10.0. The van der Waals surface area contributed by atoms with E-state index in [4.69, 9.17) is 0 Å². The van der Waals surface area contributed by atoms with Crippen molar-refractivity contribution in [1.82, 2.24) is 4.98 Å². The number of hydrogen-bond acceptors (Lipinski definition) is 2. The molecule has 0 spiro atoms. The summed E-state index contributed by atoms with van der Waals surface area (Å²) in [6.07, 6.45) is 2.92. The molecule has 1 N–H and O–H groups in total. The number of aromatic nitrogens is 1. The van der Waals surface area contributed by atoms with E-state index in [1.165, 1.54) is 5.56 Å². The average Bonchev–Trinajstić information content (AvgIpc) is 2.39. The summed E-state index contributed by atoms with van der Waals surface area (Å²) >= 11 is 3.46. The van der Waals surface area contributed by atoms with Crippen molar-refractivity contribution >= 4 is 21.6 Å². The molecule has 0 aliphatic heterocycles. The Morgan fingerprint density at radius 1 is 1.17 bits per heavy atom. The van der Waals surface area contributed by atoms with Gasteiger partial charge in [-0.1, -0.05) is 35.0 Å². The minimum Gasteiger partial charge on any atom is -0.377 e. The number of anilines is 1. The second-order valence-electron chi connectivity index (χ2n) is 4.34. The molecule has 0 saturated carbocycles. The first kappa shape index (κ1) is 13.1. The van der Waals surface area contributed by atoms with Gasteiger partial charge in [0.05, 0.1) is 17.9 Å². The Kier molecular flexibility index (Phi) is 4.37. The number of pyridine rings is 1. The number of rotatable bonds is 4. The first-order chi connectivity index (χ1) is 8.69. The molecular weight excluding hydrogens is 288 g/mol. The molecular formula is C15H17BrN2. The molecule has 18 heavy (non-hydrogen) atoms. The molecule has 2 nitrogen and oxygen atoms in total. The molecule has 1 aromatic carbocycles. The van der Waals surface area contributed by atoms with Crippen LogP contribution in [0, 0.1) is 6.92 Å². The predicted molar refractivity (Wildman–Crippen MR) is 79.8 cm³/mol. The largest absolute Gasteiger partial charge is 0.377 e. The number of halogens is 1. The zero-order chi connectivity index (χ0) is 13.0. The van der Waals surface area contributed by atoms with Crippen LogP contribution in [0.4, 0.5) is 5.69 Å². The SMILES string of the molecule is CCC(Nc1ccc(C)nc1)c1ccc(Br)cc1. The second-order valence-corrected chi connectivity index (χ2v) is 5.26. The highest BCUT2D eigenvalue weighted by Gasteiger charge is 2.08. The molecule has 0 amide bonds. The lowest BCUT2D eigenvalue weighted by Crippen LogP contribution is -2.09. The van der Waals surface area contributed by atoms with Crippen LogP contribution in [-0.2, 0) is 0 Å². The minimum atomic E-state index is 0.322. The molecule has 0 radical (unpaired) electrons. The Bertz CT molecular complexity index is 491. The van der Waals surface area contributed by atoms with Crippen LogP contribution >= 0.6 is 15.9 Å². The van der Waals surface area contributed by atoms with E-state index in [1.54, 1.807) is 0 Å². The van der Waals surface area contributed by atoms with Crippen LogP contribution in [0.2, 0.25) is 0 Å². The molecule has 1 unspecified atom stereocenters. The van der Waals surface area contributed by atoms with E-state index in [9.17, 15) is 0 Å². The first-order valence-electron chi connectivity index (χ1n) is 6.13. The van der Waals surface area contributed by atoms with Crippen LogP contribution < -0.4 is 5.32 Å². The molecule has 3 heteroatoms. The number of nitrogens with zero attached hydrogens (tertiary/aromatic N) is 1. The van der Waals surface area contributed by atoms with Gasteiger partial charge >= 0.3 is 0 Å². The molecule has 1 aromatic heterocycles. The van der Waals surface area contributed by atoms with Crippen LogP contribution in [0.5, 0.6) is 0 Å². The molecule has 2 rings (SSSR count). The van der Waals surface area contributed by atoms with Gasteiger partial charge in [0.1, 0.15) is 0 Å². The normalized spacial score (nSPS) is 12.2. The van der Waals surface area contributed by atoms with Crippen molar-refractivity contribution in [2.75, 3.05) is 5.32 Å². The van der Waals surface area contributed by atoms with E-state index in [2.05, 4.69) is 63.5 Å². The summed E-state index contributed by atoms with van der Waals surface area (Å²) < 4.78 is 1.11. The van der Waals surface area contributed by atoms with Gasteiger partial charge in [0, 0.05) is 10.2 Å². The highest BCUT2D eigenvalue weighted by Crippen LogP contribution is 2.23. The van der Waals surface area contributed by atoms with E-state index in [0.29, 0.717) is 6.04 Å². The summed E-state index contributed by atoms with van der Waals surface area (Å²) in [5.74, 6) is 0. The summed E-state index contributed by atoms with van der Waals surface area (Å²) in [4.78, 5) is 4.30. The maximum absolute atomic E-state index is 4.30. The van der Waals surface area contributed by atoms with Gasteiger partial charge in [-0.3, -0.25) is 4.98 Å². The van der Waals surface area contributed by atoms with Crippen molar-refractivity contribution in [2.24, 2.45) is 0 Å². The van der Waals surface area contributed by atoms with Gasteiger partial charge in [-0.25, -0.2) is 0 Å². The number of benzene rings is 1. The Morgan fingerprint density at radius 2 is 1.89 bits per heavy atom. The highest BCUT2D eigenvalue weighted by atomic mass is 79.9. The van der Waals surface area contributed by atoms with E-state index in [-0.39, 0.29) is 0 Å². The molecule has 0 saturated heterocycles. The van der Waals surface area contributed by atoms with E-state index in [1.807, 2.05) is 19.2 Å². The topological polar surface area (TPSA) is 24.9 Å². The fourth-order valence-electron chi connectivity index (χ4n) is 1.87. The molecule has 0 bridgehead atoms. The van der Waals surface area contributed by atoms with Crippen molar-refractivity contribution in [3.8, 4) is 0 Å². The number of aryl methyl sites for hydroxylation is 1. The van der Waals surface area contributed by atoms with Crippen molar-refractivity contribution in [2.45, 2.75) is 26.3 Å². The smallest absolute Gasteiger partial charge is 0.0531 e.